The van der Waals surface area contributed by atoms with Crippen LogP contribution in [0.2, 0.25) is 0 Å². The van der Waals surface area contributed by atoms with E-state index in [2.05, 4.69) is 0 Å². The molecule has 2 aromatic rings. The van der Waals surface area contributed by atoms with Gasteiger partial charge in [0, 0.05) is 7.05 Å². The Hall–Kier alpha value is -2.73. The van der Waals surface area contributed by atoms with Crippen molar-refractivity contribution in [3.63, 3.8) is 0 Å². The van der Waals surface area contributed by atoms with Gasteiger partial charge in [0.15, 0.2) is 11.5 Å². The Kier molecular flexibility index (Phi) is 5.63. The summed E-state index contributed by atoms with van der Waals surface area (Å²) < 4.78 is 11.6. The van der Waals surface area contributed by atoms with Gasteiger partial charge >= 0.3 is 0 Å². The minimum absolute atomic E-state index is 0.269. The fourth-order valence-corrected chi connectivity index (χ4v) is 3.26. The van der Waals surface area contributed by atoms with Crippen molar-refractivity contribution in [1.29, 1.82) is 0 Å². The van der Waals surface area contributed by atoms with Crippen LogP contribution in [-0.4, -0.2) is 29.7 Å². The molecule has 1 aliphatic heterocycles. The number of hydrogen-bond donors (Lipinski definition) is 0. The lowest BCUT2D eigenvalue weighted by Gasteiger charge is -2.13. The highest BCUT2D eigenvalue weighted by Gasteiger charge is 2.31. The van der Waals surface area contributed by atoms with E-state index in [0.29, 0.717) is 29.6 Å². The monoisotopic (exact) mass is 369 g/mol. The SMILES string of the molecule is CCOc1cc(/C=C2\SC(=O)N(C)C2=O)ccc1OCc1ccccc1. The van der Waals surface area contributed by atoms with E-state index in [9.17, 15) is 9.59 Å². The topological polar surface area (TPSA) is 55.8 Å². The van der Waals surface area contributed by atoms with Crippen LogP contribution in [-0.2, 0) is 11.4 Å². The summed E-state index contributed by atoms with van der Waals surface area (Å²) in [6.07, 6.45) is 1.69. The maximum atomic E-state index is 12.0. The van der Waals surface area contributed by atoms with Gasteiger partial charge in [-0.25, -0.2) is 0 Å². The molecule has 26 heavy (non-hydrogen) atoms. The van der Waals surface area contributed by atoms with E-state index in [1.165, 1.54) is 7.05 Å². The molecule has 0 radical (unpaired) electrons. The van der Waals surface area contributed by atoms with Crippen molar-refractivity contribution < 1.29 is 19.1 Å². The van der Waals surface area contributed by atoms with Crippen LogP contribution in [0.15, 0.2) is 53.4 Å². The van der Waals surface area contributed by atoms with Crippen molar-refractivity contribution in [3.05, 3.63) is 64.6 Å². The molecule has 0 aromatic heterocycles. The molecule has 2 aromatic carbocycles. The van der Waals surface area contributed by atoms with Crippen molar-refractivity contribution in [1.82, 2.24) is 4.90 Å². The van der Waals surface area contributed by atoms with Crippen LogP contribution in [0.3, 0.4) is 0 Å². The number of likely N-dealkylation sites (N-methyl/N-ethyl adjacent to an activating group) is 1. The third-order valence-electron chi connectivity index (χ3n) is 3.79. The minimum atomic E-state index is -0.289. The number of benzene rings is 2. The van der Waals surface area contributed by atoms with Crippen molar-refractivity contribution in [2.75, 3.05) is 13.7 Å². The molecule has 0 spiro atoms. The Labute approximate surface area is 156 Å². The summed E-state index contributed by atoms with van der Waals surface area (Å²) in [5.41, 5.74) is 1.84. The molecular weight excluding hydrogens is 350 g/mol. The lowest BCUT2D eigenvalue weighted by Crippen LogP contribution is -2.22. The molecule has 5 nitrogen and oxygen atoms in total. The largest absolute Gasteiger partial charge is 0.490 e. The van der Waals surface area contributed by atoms with Crippen LogP contribution in [0.4, 0.5) is 4.79 Å². The van der Waals surface area contributed by atoms with Crippen molar-refractivity contribution >= 4 is 29.0 Å². The molecule has 3 rings (SSSR count). The van der Waals surface area contributed by atoms with Crippen LogP contribution in [0.25, 0.3) is 6.08 Å². The molecule has 1 fully saturated rings. The molecule has 0 atom stereocenters. The molecule has 0 saturated carbocycles. The number of carbonyl (C=O) groups is 2. The molecule has 1 heterocycles. The maximum absolute atomic E-state index is 12.0. The first-order valence-corrected chi connectivity index (χ1v) is 9.05. The molecule has 6 heteroatoms. The molecule has 0 N–H and O–H groups in total. The summed E-state index contributed by atoms with van der Waals surface area (Å²) in [6.45, 7) is 2.84. The highest BCUT2D eigenvalue weighted by Crippen LogP contribution is 2.34. The number of rotatable bonds is 6. The van der Waals surface area contributed by atoms with Crippen LogP contribution < -0.4 is 9.47 Å². The summed E-state index contributed by atoms with van der Waals surface area (Å²) in [7, 11) is 1.48. The normalized spacial score (nSPS) is 15.6. The van der Waals surface area contributed by atoms with Crippen LogP contribution in [0.1, 0.15) is 18.1 Å². The molecule has 0 unspecified atom stereocenters. The molecule has 1 saturated heterocycles. The zero-order chi connectivity index (χ0) is 18.5. The van der Waals surface area contributed by atoms with Gasteiger partial charge in [0.05, 0.1) is 11.5 Å². The fourth-order valence-electron chi connectivity index (χ4n) is 2.43. The summed E-state index contributed by atoms with van der Waals surface area (Å²) >= 11 is 0.934. The van der Waals surface area contributed by atoms with Crippen LogP contribution >= 0.6 is 11.8 Å². The molecule has 134 valence electrons. The number of ether oxygens (including phenoxy) is 2. The first-order valence-electron chi connectivity index (χ1n) is 8.23. The number of carbonyl (C=O) groups excluding carboxylic acids is 2. The van der Waals surface area contributed by atoms with Gasteiger partial charge in [0.2, 0.25) is 0 Å². The van der Waals surface area contributed by atoms with E-state index < -0.39 is 0 Å². The second-order valence-electron chi connectivity index (χ2n) is 5.65. The number of thioether (sulfide) groups is 1. The smallest absolute Gasteiger partial charge is 0.293 e. The average molecular weight is 369 g/mol. The Morgan fingerprint density at radius 3 is 2.46 bits per heavy atom. The van der Waals surface area contributed by atoms with Crippen molar-refractivity contribution in [2.24, 2.45) is 0 Å². The van der Waals surface area contributed by atoms with E-state index in [0.717, 1.165) is 27.8 Å². The Morgan fingerprint density at radius 2 is 1.81 bits per heavy atom. The van der Waals surface area contributed by atoms with E-state index in [1.54, 1.807) is 6.08 Å². The standard InChI is InChI=1S/C20H19NO4S/c1-3-24-17-11-15(12-18-19(22)21(2)20(23)26-18)9-10-16(17)25-13-14-7-5-4-6-8-14/h4-12H,3,13H2,1-2H3/b18-12-. The Balaban J connectivity index is 1.80. The van der Waals surface area contributed by atoms with Gasteiger partial charge in [-0.1, -0.05) is 36.4 Å². The lowest BCUT2D eigenvalue weighted by atomic mass is 10.1. The van der Waals surface area contributed by atoms with Gasteiger partial charge in [-0.3, -0.25) is 14.5 Å². The van der Waals surface area contributed by atoms with Crippen LogP contribution in [0, 0.1) is 0 Å². The third-order valence-corrected chi connectivity index (χ3v) is 4.75. The van der Waals surface area contributed by atoms with Crippen molar-refractivity contribution in [2.45, 2.75) is 13.5 Å². The average Bonchev–Trinajstić information content (AvgIpc) is 2.89. The van der Waals surface area contributed by atoms with E-state index in [-0.39, 0.29) is 11.1 Å². The van der Waals surface area contributed by atoms with E-state index in [1.807, 2.05) is 55.5 Å². The van der Waals surface area contributed by atoms with Gasteiger partial charge in [-0.05, 0) is 48.0 Å². The van der Waals surface area contributed by atoms with Gasteiger partial charge in [0.25, 0.3) is 11.1 Å². The maximum Gasteiger partial charge on any atom is 0.293 e. The highest BCUT2D eigenvalue weighted by molar-refractivity contribution is 8.18. The number of imide groups is 1. The Bertz CT molecular complexity index is 848. The molecular formula is C20H19NO4S. The molecule has 1 aliphatic rings. The summed E-state index contributed by atoms with van der Waals surface area (Å²) in [4.78, 5) is 25.1. The van der Waals surface area contributed by atoms with Crippen molar-refractivity contribution in [3.8, 4) is 11.5 Å². The predicted molar refractivity (Wildman–Crippen MR) is 102 cm³/mol. The third kappa shape index (κ3) is 4.08. The van der Waals surface area contributed by atoms with Gasteiger partial charge in [-0.2, -0.15) is 0 Å². The summed E-state index contributed by atoms with van der Waals surface area (Å²) in [6, 6.07) is 15.3. The highest BCUT2D eigenvalue weighted by atomic mass is 32.2. The fraction of sp³-hybridized carbons (Fsp3) is 0.200. The quantitative estimate of drug-likeness (QED) is 0.710. The zero-order valence-electron chi connectivity index (χ0n) is 14.6. The van der Waals surface area contributed by atoms with E-state index in [4.69, 9.17) is 9.47 Å². The van der Waals surface area contributed by atoms with Gasteiger partial charge < -0.3 is 9.47 Å². The summed E-state index contributed by atoms with van der Waals surface area (Å²) in [5.74, 6) is 0.951. The number of nitrogens with zero attached hydrogens (tertiary/aromatic N) is 1. The summed E-state index contributed by atoms with van der Waals surface area (Å²) in [5, 5.41) is -0.269. The second-order valence-corrected chi connectivity index (χ2v) is 6.65. The first-order chi connectivity index (χ1) is 12.6. The minimum Gasteiger partial charge on any atom is -0.490 e. The zero-order valence-corrected chi connectivity index (χ0v) is 15.4. The van der Waals surface area contributed by atoms with Crippen LogP contribution in [0.5, 0.6) is 11.5 Å². The molecule has 2 amide bonds. The Morgan fingerprint density at radius 1 is 1.04 bits per heavy atom. The second kappa shape index (κ2) is 8.10. The lowest BCUT2D eigenvalue weighted by molar-refractivity contribution is -0.121. The van der Waals surface area contributed by atoms with Gasteiger partial charge in [-0.15, -0.1) is 0 Å². The molecule has 0 bridgehead atoms. The number of amides is 2. The van der Waals surface area contributed by atoms with E-state index >= 15 is 0 Å². The van der Waals surface area contributed by atoms with Gasteiger partial charge in [0.1, 0.15) is 6.61 Å². The first kappa shape index (κ1) is 18.1. The molecule has 0 aliphatic carbocycles. The number of hydrogen-bond acceptors (Lipinski definition) is 5. The predicted octanol–water partition coefficient (Wildman–Crippen LogP) is 4.33.